The zero-order chi connectivity index (χ0) is 10.8. The van der Waals surface area contributed by atoms with Gasteiger partial charge >= 0.3 is 0 Å². The molecule has 0 fully saturated rings. The summed E-state index contributed by atoms with van der Waals surface area (Å²) in [5.74, 6) is 0.0670. The number of ketones is 1. The molecule has 2 aromatic heterocycles. The fourth-order valence-corrected chi connectivity index (χ4v) is 2.75. The third-order valence-electron chi connectivity index (χ3n) is 1.86. The number of nitrogens with zero attached hydrogens (tertiary/aromatic N) is 3. The Kier molecular flexibility index (Phi) is 2.97. The normalized spacial score (nSPS) is 10.5. The maximum atomic E-state index is 11.8. The summed E-state index contributed by atoms with van der Waals surface area (Å²) in [5.41, 5.74) is 0.697. The molecule has 6 heteroatoms. The number of hydrogen-bond acceptors (Lipinski definition) is 4. The summed E-state index contributed by atoms with van der Waals surface area (Å²) in [6.07, 6.45) is 2.05. The predicted octanol–water partition coefficient (Wildman–Crippen LogP) is 2.06. The summed E-state index contributed by atoms with van der Waals surface area (Å²) in [6.45, 7) is 0. The molecule has 0 aliphatic heterocycles. The SMILES string of the molecule is Cn1cc(CC(=O)c2sccc2Br)nn1. The summed E-state index contributed by atoms with van der Waals surface area (Å²) in [5, 5.41) is 9.54. The van der Waals surface area contributed by atoms with E-state index in [2.05, 4.69) is 26.2 Å². The van der Waals surface area contributed by atoms with Crippen molar-refractivity contribution in [2.75, 3.05) is 0 Å². The minimum atomic E-state index is 0.0670. The molecule has 0 aliphatic carbocycles. The Morgan fingerprint density at radius 3 is 3.00 bits per heavy atom. The van der Waals surface area contributed by atoms with Crippen molar-refractivity contribution in [2.45, 2.75) is 6.42 Å². The van der Waals surface area contributed by atoms with E-state index in [-0.39, 0.29) is 5.78 Å². The fourth-order valence-electron chi connectivity index (χ4n) is 1.21. The van der Waals surface area contributed by atoms with Crippen molar-refractivity contribution in [3.8, 4) is 0 Å². The molecule has 15 heavy (non-hydrogen) atoms. The van der Waals surface area contributed by atoms with Gasteiger partial charge in [-0.1, -0.05) is 5.21 Å². The van der Waals surface area contributed by atoms with Crippen LogP contribution in [-0.2, 0) is 13.5 Å². The quantitative estimate of drug-likeness (QED) is 0.811. The highest BCUT2D eigenvalue weighted by Gasteiger charge is 2.13. The van der Waals surface area contributed by atoms with Gasteiger partial charge in [0.25, 0.3) is 0 Å². The first-order valence-electron chi connectivity index (χ1n) is 4.28. The van der Waals surface area contributed by atoms with Crippen LogP contribution in [0, 0.1) is 0 Å². The van der Waals surface area contributed by atoms with Crippen LogP contribution in [-0.4, -0.2) is 20.8 Å². The third-order valence-corrected chi connectivity index (χ3v) is 3.74. The first kappa shape index (κ1) is 10.5. The monoisotopic (exact) mass is 285 g/mol. The lowest BCUT2D eigenvalue weighted by atomic mass is 10.2. The number of Topliss-reactive ketones (excluding diaryl/α,β-unsaturated/α-hetero) is 1. The second kappa shape index (κ2) is 4.24. The first-order chi connectivity index (χ1) is 7.16. The molecule has 0 saturated heterocycles. The molecule has 0 amide bonds. The molecule has 2 rings (SSSR count). The van der Waals surface area contributed by atoms with Crippen molar-refractivity contribution < 1.29 is 4.79 Å². The molecule has 0 aliphatic rings. The topological polar surface area (TPSA) is 47.8 Å². The van der Waals surface area contributed by atoms with Gasteiger partial charge in [0.2, 0.25) is 0 Å². The molecule has 4 nitrogen and oxygen atoms in total. The van der Waals surface area contributed by atoms with Gasteiger partial charge in [0.1, 0.15) is 0 Å². The Hall–Kier alpha value is -1.01. The Morgan fingerprint density at radius 1 is 1.67 bits per heavy atom. The molecule has 0 atom stereocenters. The second-order valence-corrected chi connectivity index (χ2v) is 4.85. The average Bonchev–Trinajstić information content (AvgIpc) is 2.75. The zero-order valence-electron chi connectivity index (χ0n) is 7.98. The van der Waals surface area contributed by atoms with Crippen LogP contribution in [0.3, 0.4) is 0 Å². The lowest BCUT2D eigenvalue weighted by Crippen LogP contribution is -2.02. The van der Waals surface area contributed by atoms with E-state index in [4.69, 9.17) is 0 Å². The molecule has 2 heterocycles. The van der Waals surface area contributed by atoms with Crippen molar-refractivity contribution in [3.05, 3.63) is 32.7 Å². The highest BCUT2D eigenvalue weighted by Crippen LogP contribution is 2.23. The molecule has 0 saturated carbocycles. The van der Waals surface area contributed by atoms with E-state index in [1.165, 1.54) is 11.3 Å². The molecule has 0 aromatic carbocycles. The van der Waals surface area contributed by atoms with Crippen LogP contribution in [0.4, 0.5) is 0 Å². The van der Waals surface area contributed by atoms with E-state index >= 15 is 0 Å². The molecular formula is C9H8BrN3OS. The Labute approximate surface area is 99.0 Å². The van der Waals surface area contributed by atoms with Gasteiger partial charge in [0.05, 0.1) is 17.0 Å². The number of aromatic nitrogens is 3. The van der Waals surface area contributed by atoms with Crippen molar-refractivity contribution in [3.63, 3.8) is 0 Å². The van der Waals surface area contributed by atoms with Crippen molar-refractivity contribution in [1.29, 1.82) is 0 Å². The highest BCUT2D eigenvalue weighted by atomic mass is 79.9. The van der Waals surface area contributed by atoms with Crippen molar-refractivity contribution >= 4 is 33.0 Å². The van der Waals surface area contributed by atoms with Crippen LogP contribution < -0.4 is 0 Å². The van der Waals surface area contributed by atoms with Crippen LogP contribution in [0.15, 0.2) is 22.1 Å². The maximum Gasteiger partial charge on any atom is 0.180 e. The summed E-state index contributed by atoms with van der Waals surface area (Å²) < 4.78 is 2.44. The molecule has 0 unspecified atom stereocenters. The smallest absolute Gasteiger partial charge is 0.180 e. The zero-order valence-corrected chi connectivity index (χ0v) is 10.4. The minimum Gasteiger partial charge on any atom is -0.293 e. The van der Waals surface area contributed by atoms with Crippen LogP contribution in [0.1, 0.15) is 15.4 Å². The van der Waals surface area contributed by atoms with Gasteiger partial charge < -0.3 is 0 Å². The van der Waals surface area contributed by atoms with E-state index in [9.17, 15) is 4.79 Å². The molecule has 0 radical (unpaired) electrons. The second-order valence-electron chi connectivity index (χ2n) is 3.08. The van der Waals surface area contributed by atoms with Gasteiger partial charge in [-0.05, 0) is 27.4 Å². The Bertz CT molecular complexity index is 491. The lowest BCUT2D eigenvalue weighted by Gasteiger charge is -1.94. The summed E-state index contributed by atoms with van der Waals surface area (Å²) in [4.78, 5) is 12.5. The van der Waals surface area contributed by atoms with Crippen LogP contribution >= 0.6 is 27.3 Å². The third kappa shape index (κ3) is 2.32. The summed E-state index contributed by atoms with van der Waals surface area (Å²) in [7, 11) is 1.78. The number of rotatable bonds is 3. The van der Waals surface area contributed by atoms with Gasteiger partial charge in [-0.25, -0.2) is 0 Å². The van der Waals surface area contributed by atoms with Gasteiger partial charge in [-0.2, -0.15) is 0 Å². The standard InChI is InChI=1S/C9H8BrN3OS/c1-13-5-6(11-12-13)4-8(14)9-7(10)2-3-15-9/h2-3,5H,4H2,1H3. The van der Waals surface area contributed by atoms with E-state index in [1.54, 1.807) is 17.9 Å². The predicted molar refractivity (Wildman–Crippen MR) is 61.1 cm³/mol. The van der Waals surface area contributed by atoms with Crippen LogP contribution in [0.5, 0.6) is 0 Å². The van der Waals surface area contributed by atoms with E-state index in [1.807, 2.05) is 11.4 Å². The number of carbonyl (C=O) groups is 1. The summed E-state index contributed by atoms with van der Waals surface area (Å²) in [6, 6.07) is 1.87. The van der Waals surface area contributed by atoms with E-state index in [0.717, 1.165) is 9.35 Å². The van der Waals surface area contributed by atoms with Gasteiger partial charge in [-0.15, -0.1) is 16.4 Å². The minimum absolute atomic E-state index is 0.0670. The molecular weight excluding hydrogens is 278 g/mol. The van der Waals surface area contributed by atoms with Gasteiger partial charge in [-0.3, -0.25) is 9.48 Å². The molecule has 0 N–H and O–H groups in total. The molecule has 0 bridgehead atoms. The van der Waals surface area contributed by atoms with Gasteiger partial charge in [0.15, 0.2) is 5.78 Å². The van der Waals surface area contributed by atoms with Gasteiger partial charge in [0, 0.05) is 17.7 Å². The highest BCUT2D eigenvalue weighted by molar-refractivity contribution is 9.10. The summed E-state index contributed by atoms with van der Waals surface area (Å²) >= 11 is 4.77. The first-order valence-corrected chi connectivity index (χ1v) is 5.95. The molecule has 78 valence electrons. The van der Waals surface area contributed by atoms with Crippen LogP contribution in [0.25, 0.3) is 0 Å². The van der Waals surface area contributed by atoms with Crippen molar-refractivity contribution in [1.82, 2.24) is 15.0 Å². The van der Waals surface area contributed by atoms with E-state index in [0.29, 0.717) is 12.1 Å². The number of thiophene rings is 1. The average molecular weight is 286 g/mol. The number of halogens is 1. The number of aryl methyl sites for hydroxylation is 1. The Morgan fingerprint density at radius 2 is 2.47 bits per heavy atom. The Balaban J connectivity index is 2.14. The molecule has 2 aromatic rings. The lowest BCUT2D eigenvalue weighted by molar-refractivity contribution is 0.0995. The van der Waals surface area contributed by atoms with Crippen molar-refractivity contribution in [2.24, 2.45) is 7.05 Å². The maximum absolute atomic E-state index is 11.8. The van der Waals surface area contributed by atoms with E-state index < -0.39 is 0 Å². The fraction of sp³-hybridized carbons (Fsp3) is 0.222. The number of hydrogen-bond donors (Lipinski definition) is 0. The molecule has 0 spiro atoms. The number of carbonyl (C=O) groups excluding carboxylic acids is 1. The largest absolute Gasteiger partial charge is 0.293 e. The van der Waals surface area contributed by atoms with Crippen LogP contribution in [0.2, 0.25) is 0 Å².